The minimum Gasteiger partial charge on any atom is -0.497 e. The van der Waals surface area contributed by atoms with E-state index in [0.29, 0.717) is 26.2 Å². The Morgan fingerprint density at radius 2 is 1.62 bits per heavy atom. The van der Waals surface area contributed by atoms with Crippen LogP contribution in [0.2, 0.25) is 0 Å². The number of benzene rings is 2. The molecule has 3 rings (SSSR count). The van der Waals surface area contributed by atoms with E-state index in [1.807, 2.05) is 24.0 Å². The summed E-state index contributed by atoms with van der Waals surface area (Å²) in [5.74, 6) is 1.78. The summed E-state index contributed by atoms with van der Waals surface area (Å²) in [5.41, 5.74) is 4.65. The van der Waals surface area contributed by atoms with E-state index in [4.69, 9.17) is 9.47 Å². The lowest BCUT2D eigenvalue weighted by molar-refractivity contribution is 0.191. The zero-order valence-electron chi connectivity index (χ0n) is 17.8. The van der Waals surface area contributed by atoms with E-state index in [1.54, 1.807) is 7.11 Å². The highest BCUT2D eigenvalue weighted by molar-refractivity contribution is 5.74. The number of urea groups is 1. The van der Waals surface area contributed by atoms with Crippen LogP contribution in [-0.4, -0.2) is 57.4 Å². The molecule has 156 valence electrons. The van der Waals surface area contributed by atoms with Gasteiger partial charge in [-0.1, -0.05) is 12.1 Å². The molecule has 1 saturated heterocycles. The Kier molecular flexibility index (Phi) is 6.86. The Hall–Kier alpha value is -2.89. The minimum atomic E-state index is -0.0272. The van der Waals surface area contributed by atoms with E-state index in [2.05, 4.69) is 48.3 Å². The number of nitrogens with one attached hydrogen (secondary N) is 1. The maximum Gasteiger partial charge on any atom is 0.317 e. The molecule has 0 spiro atoms. The average Bonchev–Trinajstić information content (AvgIpc) is 2.76. The quantitative estimate of drug-likeness (QED) is 0.758. The molecule has 1 aliphatic rings. The summed E-state index contributed by atoms with van der Waals surface area (Å²) in [6, 6.07) is 12.2. The Balaban J connectivity index is 1.41. The first kappa shape index (κ1) is 20.8. The number of piperazine rings is 1. The molecule has 1 fully saturated rings. The lowest BCUT2D eigenvalue weighted by Crippen LogP contribution is -2.52. The van der Waals surface area contributed by atoms with Gasteiger partial charge in [0.25, 0.3) is 0 Å². The Labute approximate surface area is 173 Å². The predicted octanol–water partition coefficient (Wildman–Crippen LogP) is 3.53. The van der Waals surface area contributed by atoms with Crippen molar-refractivity contribution in [2.75, 3.05) is 51.3 Å². The number of aryl methyl sites for hydroxylation is 2. The molecule has 2 aromatic rings. The third-order valence-corrected chi connectivity index (χ3v) is 5.50. The van der Waals surface area contributed by atoms with Crippen molar-refractivity contribution < 1.29 is 14.3 Å². The van der Waals surface area contributed by atoms with Crippen molar-refractivity contribution in [3.8, 4) is 11.5 Å². The number of amides is 2. The molecule has 0 aromatic heterocycles. The van der Waals surface area contributed by atoms with Gasteiger partial charge in [0.2, 0.25) is 0 Å². The highest BCUT2D eigenvalue weighted by Crippen LogP contribution is 2.25. The number of hydrogen-bond acceptors (Lipinski definition) is 4. The standard InChI is InChI=1S/C23H31N3O3/c1-17-5-6-18(2)22(19(17)3)29-16-11-24-23(27)26-14-12-25(13-15-26)20-7-9-21(28-4)10-8-20/h5-10H,11-16H2,1-4H3,(H,24,27). The molecule has 0 radical (unpaired) electrons. The summed E-state index contributed by atoms with van der Waals surface area (Å²) < 4.78 is 11.1. The van der Waals surface area contributed by atoms with Gasteiger partial charge in [-0.25, -0.2) is 4.79 Å². The fourth-order valence-electron chi connectivity index (χ4n) is 3.53. The monoisotopic (exact) mass is 397 g/mol. The Morgan fingerprint density at radius 3 is 2.28 bits per heavy atom. The Bertz CT molecular complexity index is 828. The van der Waals surface area contributed by atoms with Gasteiger partial charge in [-0.2, -0.15) is 0 Å². The van der Waals surface area contributed by atoms with Crippen LogP contribution in [0.15, 0.2) is 36.4 Å². The van der Waals surface area contributed by atoms with Gasteiger partial charge < -0.3 is 24.6 Å². The zero-order chi connectivity index (χ0) is 20.8. The van der Waals surface area contributed by atoms with Crippen LogP contribution in [0.5, 0.6) is 11.5 Å². The molecular formula is C23H31N3O3. The fraction of sp³-hybridized carbons (Fsp3) is 0.435. The number of rotatable bonds is 6. The summed E-state index contributed by atoms with van der Waals surface area (Å²) in [6.45, 7) is 10.2. The first-order valence-electron chi connectivity index (χ1n) is 10.1. The van der Waals surface area contributed by atoms with Crippen LogP contribution in [0.1, 0.15) is 16.7 Å². The average molecular weight is 398 g/mol. The molecule has 2 aromatic carbocycles. The van der Waals surface area contributed by atoms with Gasteiger partial charge in [-0.3, -0.25) is 0 Å². The third-order valence-electron chi connectivity index (χ3n) is 5.50. The predicted molar refractivity (Wildman–Crippen MR) is 116 cm³/mol. The van der Waals surface area contributed by atoms with Crippen LogP contribution in [0.25, 0.3) is 0 Å². The van der Waals surface area contributed by atoms with Crippen LogP contribution in [0.3, 0.4) is 0 Å². The highest BCUT2D eigenvalue weighted by Gasteiger charge is 2.21. The lowest BCUT2D eigenvalue weighted by atomic mass is 10.1. The van der Waals surface area contributed by atoms with Gasteiger partial charge in [-0.05, 0) is 61.7 Å². The summed E-state index contributed by atoms with van der Waals surface area (Å²) >= 11 is 0. The van der Waals surface area contributed by atoms with Crippen molar-refractivity contribution in [2.45, 2.75) is 20.8 Å². The molecule has 0 atom stereocenters. The number of methoxy groups -OCH3 is 1. The molecule has 29 heavy (non-hydrogen) atoms. The lowest BCUT2D eigenvalue weighted by Gasteiger charge is -2.36. The third kappa shape index (κ3) is 5.13. The molecule has 0 bridgehead atoms. The Morgan fingerprint density at radius 1 is 0.966 bits per heavy atom. The first-order chi connectivity index (χ1) is 14.0. The van der Waals surface area contributed by atoms with Gasteiger partial charge in [0.15, 0.2) is 0 Å². The van der Waals surface area contributed by atoms with Crippen LogP contribution >= 0.6 is 0 Å². The molecule has 0 aliphatic carbocycles. The minimum absolute atomic E-state index is 0.0272. The summed E-state index contributed by atoms with van der Waals surface area (Å²) in [5, 5.41) is 2.97. The fourth-order valence-corrected chi connectivity index (χ4v) is 3.53. The first-order valence-corrected chi connectivity index (χ1v) is 10.1. The van der Waals surface area contributed by atoms with Gasteiger partial charge >= 0.3 is 6.03 Å². The number of ether oxygens (including phenoxy) is 2. The number of anilines is 1. The molecule has 6 nitrogen and oxygen atoms in total. The number of carbonyl (C=O) groups is 1. The smallest absolute Gasteiger partial charge is 0.317 e. The van der Waals surface area contributed by atoms with Crippen LogP contribution in [0.4, 0.5) is 10.5 Å². The van der Waals surface area contributed by atoms with Crippen molar-refractivity contribution in [2.24, 2.45) is 0 Å². The maximum atomic E-state index is 12.4. The SMILES string of the molecule is COc1ccc(N2CCN(C(=O)NCCOc3c(C)ccc(C)c3C)CC2)cc1. The molecule has 1 N–H and O–H groups in total. The van der Waals surface area contributed by atoms with E-state index in [9.17, 15) is 4.79 Å². The molecule has 1 aliphatic heterocycles. The van der Waals surface area contributed by atoms with Crippen LogP contribution in [0, 0.1) is 20.8 Å². The van der Waals surface area contributed by atoms with E-state index in [0.717, 1.165) is 41.4 Å². The second-order valence-electron chi connectivity index (χ2n) is 7.41. The van der Waals surface area contributed by atoms with Crippen molar-refractivity contribution in [1.82, 2.24) is 10.2 Å². The summed E-state index contributed by atoms with van der Waals surface area (Å²) in [7, 11) is 1.67. The number of nitrogens with zero attached hydrogens (tertiary/aromatic N) is 2. The van der Waals surface area contributed by atoms with Crippen molar-refractivity contribution in [3.63, 3.8) is 0 Å². The second-order valence-corrected chi connectivity index (χ2v) is 7.41. The van der Waals surface area contributed by atoms with E-state index in [1.165, 1.54) is 5.56 Å². The summed E-state index contributed by atoms with van der Waals surface area (Å²) in [6.07, 6.45) is 0. The number of carbonyl (C=O) groups excluding carboxylic acids is 1. The zero-order valence-corrected chi connectivity index (χ0v) is 17.8. The molecule has 0 saturated carbocycles. The van der Waals surface area contributed by atoms with Crippen LogP contribution < -0.4 is 19.7 Å². The van der Waals surface area contributed by atoms with Crippen molar-refractivity contribution >= 4 is 11.7 Å². The molecule has 1 heterocycles. The van der Waals surface area contributed by atoms with Gasteiger partial charge in [0, 0.05) is 31.9 Å². The molecular weight excluding hydrogens is 366 g/mol. The molecule has 2 amide bonds. The van der Waals surface area contributed by atoms with Crippen LogP contribution in [-0.2, 0) is 0 Å². The normalized spacial score (nSPS) is 13.9. The van der Waals surface area contributed by atoms with Gasteiger partial charge in [-0.15, -0.1) is 0 Å². The number of hydrogen-bond donors (Lipinski definition) is 1. The van der Waals surface area contributed by atoms with Gasteiger partial charge in [0.05, 0.1) is 13.7 Å². The maximum absolute atomic E-state index is 12.4. The van der Waals surface area contributed by atoms with E-state index in [-0.39, 0.29) is 6.03 Å². The molecule has 0 unspecified atom stereocenters. The summed E-state index contributed by atoms with van der Waals surface area (Å²) in [4.78, 5) is 16.6. The topological polar surface area (TPSA) is 54.0 Å². The van der Waals surface area contributed by atoms with Crippen molar-refractivity contribution in [1.29, 1.82) is 0 Å². The second kappa shape index (κ2) is 9.54. The highest BCUT2D eigenvalue weighted by atomic mass is 16.5. The van der Waals surface area contributed by atoms with E-state index < -0.39 is 0 Å². The van der Waals surface area contributed by atoms with E-state index >= 15 is 0 Å². The van der Waals surface area contributed by atoms with Crippen molar-refractivity contribution in [3.05, 3.63) is 53.1 Å². The largest absolute Gasteiger partial charge is 0.497 e. The molecule has 6 heteroatoms. The van der Waals surface area contributed by atoms with Gasteiger partial charge in [0.1, 0.15) is 18.1 Å².